The average Bonchev–Trinajstić information content (AvgIpc) is 3.10. The summed E-state index contributed by atoms with van der Waals surface area (Å²) in [7, 11) is 0. The highest BCUT2D eigenvalue weighted by atomic mass is 32.1. The number of phenols is 1. The highest BCUT2D eigenvalue weighted by Gasteiger charge is 2.33. The molecule has 2 heterocycles. The number of rotatable bonds is 6. The number of esters is 1. The molecule has 0 amide bonds. The van der Waals surface area contributed by atoms with Crippen molar-refractivity contribution in [2.45, 2.75) is 26.8 Å². The molecule has 0 unspecified atom stereocenters. The summed E-state index contributed by atoms with van der Waals surface area (Å²) in [6.07, 6.45) is 1.68. The van der Waals surface area contributed by atoms with E-state index in [1.165, 1.54) is 34.1 Å². The van der Waals surface area contributed by atoms with Gasteiger partial charge in [-0.15, -0.1) is 0 Å². The maximum absolute atomic E-state index is 13.6. The van der Waals surface area contributed by atoms with Crippen molar-refractivity contribution in [3.8, 4) is 11.5 Å². The number of carbonyl (C=O) groups excluding carboxylic acids is 1. The molecule has 34 heavy (non-hydrogen) atoms. The molecule has 1 N–H and O–H groups in total. The van der Waals surface area contributed by atoms with Gasteiger partial charge in [0.15, 0.2) is 16.3 Å². The molecule has 7 nitrogen and oxygen atoms in total. The van der Waals surface area contributed by atoms with E-state index in [9.17, 15) is 19.1 Å². The summed E-state index contributed by atoms with van der Waals surface area (Å²) in [6, 6.07) is 9.67. The lowest BCUT2D eigenvalue weighted by atomic mass is 9.96. The smallest absolute Gasteiger partial charge is 0.338 e. The van der Waals surface area contributed by atoms with E-state index >= 15 is 0 Å². The van der Waals surface area contributed by atoms with E-state index in [1.807, 2.05) is 6.92 Å². The second-order valence-electron chi connectivity index (χ2n) is 7.51. The second kappa shape index (κ2) is 9.64. The first kappa shape index (κ1) is 23.4. The highest BCUT2D eigenvalue weighted by molar-refractivity contribution is 7.07. The number of thiazole rings is 1. The summed E-state index contributed by atoms with van der Waals surface area (Å²) in [4.78, 5) is 31.3. The molecule has 3 aromatic rings. The lowest BCUT2D eigenvalue weighted by Crippen LogP contribution is -2.39. The zero-order valence-electron chi connectivity index (χ0n) is 18.9. The lowest BCUT2D eigenvalue weighted by molar-refractivity contribution is -0.139. The van der Waals surface area contributed by atoms with E-state index in [2.05, 4.69) is 4.99 Å². The summed E-state index contributed by atoms with van der Waals surface area (Å²) in [5, 5.41) is 9.96. The fraction of sp³-hybridized carbons (Fsp3) is 0.240. The van der Waals surface area contributed by atoms with Gasteiger partial charge in [-0.3, -0.25) is 9.36 Å². The minimum atomic E-state index is -0.808. The van der Waals surface area contributed by atoms with E-state index in [0.29, 0.717) is 38.5 Å². The van der Waals surface area contributed by atoms with Gasteiger partial charge in [0.05, 0.1) is 35.1 Å². The standard InChI is InChI=1S/C25H23FN2O5S/c1-4-32-19-12-15(6-11-18(19)29)13-20-23(30)28-22(16-7-9-17(26)10-8-16)21(24(31)33-5-2)14(3)27-25(28)34-20/h6-13,22,29H,4-5H2,1-3H3/b20-13-/t22-/m1/s1. The Labute approximate surface area is 198 Å². The predicted molar refractivity (Wildman–Crippen MR) is 126 cm³/mol. The Balaban J connectivity index is 1.91. The number of halogens is 1. The van der Waals surface area contributed by atoms with Crippen molar-refractivity contribution >= 4 is 23.4 Å². The van der Waals surface area contributed by atoms with Gasteiger partial charge in [0.2, 0.25) is 0 Å². The molecule has 1 aliphatic heterocycles. The van der Waals surface area contributed by atoms with E-state index in [4.69, 9.17) is 9.47 Å². The Morgan fingerprint density at radius 2 is 1.94 bits per heavy atom. The number of allylic oxidation sites excluding steroid dienone is 1. The van der Waals surface area contributed by atoms with E-state index < -0.39 is 17.8 Å². The fourth-order valence-electron chi connectivity index (χ4n) is 3.79. The van der Waals surface area contributed by atoms with Crippen LogP contribution >= 0.6 is 11.3 Å². The van der Waals surface area contributed by atoms with Crippen molar-refractivity contribution in [1.29, 1.82) is 0 Å². The van der Waals surface area contributed by atoms with Crippen LogP contribution in [0.25, 0.3) is 6.08 Å². The average molecular weight is 483 g/mol. The molecule has 0 bridgehead atoms. The summed E-state index contributed by atoms with van der Waals surface area (Å²) in [6.45, 7) is 5.74. The third-order valence-corrected chi connectivity index (χ3v) is 6.27. The molecular weight excluding hydrogens is 459 g/mol. The van der Waals surface area contributed by atoms with Gasteiger partial charge in [0.1, 0.15) is 5.82 Å². The Morgan fingerprint density at radius 3 is 2.62 bits per heavy atom. The predicted octanol–water partition coefficient (Wildman–Crippen LogP) is 3.04. The molecule has 0 saturated heterocycles. The number of benzene rings is 2. The monoisotopic (exact) mass is 482 g/mol. The van der Waals surface area contributed by atoms with Gasteiger partial charge in [-0.2, -0.15) is 0 Å². The third-order valence-electron chi connectivity index (χ3n) is 5.28. The van der Waals surface area contributed by atoms with Crippen LogP contribution in [-0.4, -0.2) is 28.9 Å². The van der Waals surface area contributed by atoms with Crippen molar-refractivity contribution in [3.05, 3.63) is 90.4 Å². The topological polar surface area (TPSA) is 90.1 Å². The van der Waals surface area contributed by atoms with Gasteiger partial charge in [-0.1, -0.05) is 29.5 Å². The molecule has 4 rings (SSSR count). The Kier molecular flexibility index (Phi) is 6.65. The van der Waals surface area contributed by atoms with Gasteiger partial charge in [-0.25, -0.2) is 14.2 Å². The van der Waals surface area contributed by atoms with Crippen LogP contribution in [0.1, 0.15) is 37.9 Å². The zero-order valence-corrected chi connectivity index (χ0v) is 19.7. The molecule has 9 heteroatoms. The number of aromatic hydroxyl groups is 1. The number of aromatic nitrogens is 1. The number of fused-ring (bicyclic) bond motifs is 1. The van der Waals surface area contributed by atoms with Crippen LogP contribution in [-0.2, 0) is 9.53 Å². The number of hydrogen-bond donors (Lipinski definition) is 1. The molecule has 0 spiro atoms. The quantitative estimate of drug-likeness (QED) is 0.546. The summed E-state index contributed by atoms with van der Waals surface area (Å²) < 4.78 is 26.1. The molecule has 0 saturated carbocycles. The van der Waals surface area contributed by atoms with Crippen LogP contribution < -0.4 is 19.6 Å². The minimum Gasteiger partial charge on any atom is -0.504 e. The third kappa shape index (κ3) is 4.38. The maximum atomic E-state index is 13.6. The van der Waals surface area contributed by atoms with Crippen LogP contribution in [0, 0.1) is 5.82 Å². The maximum Gasteiger partial charge on any atom is 0.338 e. The Hall–Kier alpha value is -3.72. The van der Waals surface area contributed by atoms with Gasteiger partial charge in [0, 0.05) is 0 Å². The van der Waals surface area contributed by atoms with Gasteiger partial charge < -0.3 is 14.6 Å². The van der Waals surface area contributed by atoms with Crippen LogP contribution in [0.15, 0.2) is 63.5 Å². The largest absolute Gasteiger partial charge is 0.504 e. The fourth-order valence-corrected chi connectivity index (χ4v) is 4.84. The van der Waals surface area contributed by atoms with E-state index in [0.717, 1.165) is 0 Å². The molecular formula is C25H23FN2O5S. The summed E-state index contributed by atoms with van der Waals surface area (Å²) >= 11 is 1.18. The van der Waals surface area contributed by atoms with Crippen molar-refractivity contribution in [2.75, 3.05) is 13.2 Å². The normalized spacial score (nSPS) is 15.6. The van der Waals surface area contributed by atoms with Gasteiger partial charge in [0.25, 0.3) is 5.56 Å². The lowest BCUT2D eigenvalue weighted by Gasteiger charge is -2.24. The molecule has 0 fully saturated rings. The van der Waals surface area contributed by atoms with Crippen molar-refractivity contribution in [2.24, 2.45) is 4.99 Å². The molecule has 1 aromatic heterocycles. The molecule has 1 atom stereocenters. The molecule has 1 aliphatic rings. The molecule has 176 valence electrons. The van der Waals surface area contributed by atoms with Crippen LogP contribution in [0.5, 0.6) is 11.5 Å². The van der Waals surface area contributed by atoms with Crippen molar-refractivity contribution in [3.63, 3.8) is 0 Å². The van der Waals surface area contributed by atoms with Crippen LogP contribution in [0.2, 0.25) is 0 Å². The number of ether oxygens (including phenoxy) is 2. The minimum absolute atomic E-state index is 0.00599. The molecule has 2 aromatic carbocycles. The number of hydrogen-bond acceptors (Lipinski definition) is 7. The van der Waals surface area contributed by atoms with Gasteiger partial charge >= 0.3 is 5.97 Å². The first-order chi connectivity index (χ1) is 16.3. The first-order valence-electron chi connectivity index (χ1n) is 10.7. The zero-order chi connectivity index (χ0) is 24.4. The van der Waals surface area contributed by atoms with Crippen LogP contribution in [0.3, 0.4) is 0 Å². The second-order valence-corrected chi connectivity index (χ2v) is 8.52. The Morgan fingerprint density at radius 1 is 1.21 bits per heavy atom. The van der Waals surface area contributed by atoms with E-state index in [1.54, 1.807) is 44.2 Å². The SMILES string of the molecule is CCOC(=O)C1=C(C)N=c2s/c(=C\c3ccc(O)c(OCC)c3)c(=O)n2[C@@H]1c1ccc(F)cc1. The Bertz CT molecular complexity index is 1450. The highest BCUT2D eigenvalue weighted by Crippen LogP contribution is 2.31. The van der Waals surface area contributed by atoms with E-state index in [-0.39, 0.29) is 23.5 Å². The first-order valence-corrected chi connectivity index (χ1v) is 11.6. The number of carbonyl (C=O) groups is 1. The number of nitrogens with zero attached hydrogens (tertiary/aromatic N) is 2. The number of phenolic OH excluding ortho intramolecular Hbond substituents is 1. The summed E-state index contributed by atoms with van der Waals surface area (Å²) in [5.74, 6) is -0.681. The molecule has 0 aliphatic carbocycles. The van der Waals surface area contributed by atoms with Gasteiger partial charge in [-0.05, 0) is 62.2 Å². The van der Waals surface area contributed by atoms with Crippen molar-refractivity contribution < 1.29 is 23.8 Å². The molecule has 0 radical (unpaired) electrons. The van der Waals surface area contributed by atoms with Crippen molar-refractivity contribution in [1.82, 2.24) is 4.57 Å². The van der Waals surface area contributed by atoms with Crippen LogP contribution in [0.4, 0.5) is 4.39 Å². The summed E-state index contributed by atoms with van der Waals surface area (Å²) in [5.41, 5.74) is 1.54.